The number of aromatic amines is 1. The number of H-pyrrole nitrogens is 1. The van der Waals surface area contributed by atoms with Crippen molar-refractivity contribution in [2.45, 2.75) is 19.0 Å². The molecule has 2 heterocycles. The quantitative estimate of drug-likeness (QED) is 0.605. The van der Waals surface area contributed by atoms with Gasteiger partial charge in [0.2, 0.25) is 11.8 Å². The number of imidazole rings is 1. The van der Waals surface area contributed by atoms with E-state index in [9.17, 15) is 18.8 Å². The molecular formula is C16H19FN6O3. The molecular weight excluding hydrogens is 343 g/mol. The van der Waals surface area contributed by atoms with Crippen LogP contribution in [0.2, 0.25) is 0 Å². The molecule has 2 aromatic rings. The summed E-state index contributed by atoms with van der Waals surface area (Å²) in [6.07, 6.45) is -0.111. The van der Waals surface area contributed by atoms with E-state index in [-0.39, 0.29) is 30.6 Å². The minimum atomic E-state index is -0.867. The third kappa shape index (κ3) is 3.73. The van der Waals surface area contributed by atoms with E-state index in [2.05, 4.69) is 25.9 Å². The van der Waals surface area contributed by atoms with E-state index in [1.807, 2.05) is 0 Å². The Morgan fingerprint density at radius 3 is 3.00 bits per heavy atom. The molecule has 1 aliphatic rings. The number of halogens is 1. The Kier molecular flexibility index (Phi) is 5.01. The van der Waals surface area contributed by atoms with Gasteiger partial charge in [-0.15, -0.1) is 0 Å². The molecule has 26 heavy (non-hydrogen) atoms. The van der Waals surface area contributed by atoms with Crippen molar-refractivity contribution in [2.24, 2.45) is 0 Å². The molecule has 1 aromatic heterocycles. The smallest absolute Gasteiger partial charge is 0.318 e. The van der Waals surface area contributed by atoms with Crippen LogP contribution in [-0.4, -0.2) is 58.9 Å². The fourth-order valence-corrected chi connectivity index (χ4v) is 2.82. The number of nitrogens with one attached hydrogen (secondary N) is 4. The zero-order chi connectivity index (χ0) is 18.7. The van der Waals surface area contributed by atoms with Crippen LogP contribution in [0.4, 0.5) is 9.18 Å². The van der Waals surface area contributed by atoms with E-state index < -0.39 is 12.1 Å². The topological polar surface area (TPSA) is 119 Å². The molecule has 138 valence electrons. The average Bonchev–Trinajstić information content (AvgIpc) is 3.03. The fourth-order valence-electron chi connectivity index (χ4n) is 2.82. The van der Waals surface area contributed by atoms with Gasteiger partial charge in [-0.3, -0.25) is 9.59 Å². The molecule has 4 amide bonds. The van der Waals surface area contributed by atoms with Crippen molar-refractivity contribution in [2.75, 3.05) is 20.1 Å². The van der Waals surface area contributed by atoms with Gasteiger partial charge >= 0.3 is 6.03 Å². The highest BCUT2D eigenvalue weighted by Crippen LogP contribution is 2.13. The van der Waals surface area contributed by atoms with Crippen molar-refractivity contribution >= 4 is 28.9 Å². The summed E-state index contributed by atoms with van der Waals surface area (Å²) in [5, 5.41) is 7.77. The Hall–Kier alpha value is -3.17. The minimum absolute atomic E-state index is 0.0833. The number of piperazine rings is 1. The Bertz CT molecular complexity index is 852. The molecule has 0 bridgehead atoms. The van der Waals surface area contributed by atoms with Crippen molar-refractivity contribution in [3.8, 4) is 0 Å². The summed E-state index contributed by atoms with van der Waals surface area (Å²) in [7, 11) is 1.47. The monoisotopic (exact) mass is 362 g/mol. The van der Waals surface area contributed by atoms with Gasteiger partial charge in [0.1, 0.15) is 17.7 Å². The lowest BCUT2D eigenvalue weighted by molar-refractivity contribution is -0.132. The third-order valence-electron chi connectivity index (χ3n) is 4.15. The lowest BCUT2D eigenvalue weighted by atomic mass is 10.1. The minimum Gasteiger partial charge on any atom is -0.359 e. The van der Waals surface area contributed by atoms with Gasteiger partial charge in [-0.25, -0.2) is 14.2 Å². The second-order valence-electron chi connectivity index (χ2n) is 5.88. The molecule has 0 spiro atoms. The Morgan fingerprint density at radius 1 is 1.42 bits per heavy atom. The highest BCUT2D eigenvalue weighted by atomic mass is 19.1. The van der Waals surface area contributed by atoms with Gasteiger partial charge in [0.15, 0.2) is 0 Å². The molecule has 0 aliphatic carbocycles. The number of fused-ring (bicyclic) bond motifs is 1. The van der Waals surface area contributed by atoms with E-state index in [4.69, 9.17) is 0 Å². The van der Waals surface area contributed by atoms with Crippen molar-refractivity contribution in [3.63, 3.8) is 0 Å². The summed E-state index contributed by atoms with van der Waals surface area (Å²) >= 11 is 0. The number of hydrogen-bond donors (Lipinski definition) is 4. The summed E-state index contributed by atoms with van der Waals surface area (Å²) in [6.45, 7) is 0.699. The number of hydrogen-bond acceptors (Lipinski definition) is 4. The second kappa shape index (κ2) is 7.38. The Morgan fingerprint density at radius 2 is 2.23 bits per heavy atom. The maximum atomic E-state index is 13.2. The van der Waals surface area contributed by atoms with Crippen LogP contribution in [0.5, 0.6) is 0 Å². The average molecular weight is 362 g/mol. The van der Waals surface area contributed by atoms with Crippen LogP contribution in [0.1, 0.15) is 12.2 Å². The molecule has 0 saturated carbocycles. The predicted octanol–water partition coefficient (Wildman–Crippen LogP) is -0.152. The zero-order valence-corrected chi connectivity index (χ0v) is 14.1. The van der Waals surface area contributed by atoms with Gasteiger partial charge in [0, 0.05) is 20.1 Å². The maximum Gasteiger partial charge on any atom is 0.318 e. The highest BCUT2D eigenvalue weighted by Gasteiger charge is 2.34. The highest BCUT2D eigenvalue weighted by molar-refractivity contribution is 5.92. The number of urea groups is 1. The summed E-state index contributed by atoms with van der Waals surface area (Å²) in [5.41, 5.74) is 1.12. The summed E-state index contributed by atoms with van der Waals surface area (Å²) in [4.78, 5) is 44.6. The summed E-state index contributed by atoms with van der Waals surface area (Å²) in [5.74, 6) is -0.616. The lowest BCUT2D eigenvalue weighted by Crippen LogP contribution is -2.60. The van der Waals surface area contributed by atoms with Crippen molar-refractivity contribution in [3.05, 3.63) is 29.8 Å². The van der Waals surface area contributed by atoms with Crippen LogP contribution in [-0.2, 0) is 16.1 Å². The van der Waals surface area contributed by atoms with E-state index in [0.717, 1.165) is 0 Å². The van der Waals surface area contributed by atoms with Crippen LogP contribution in [0.25, 0.3) is 11.0 Å². The van der Waals surface area contributed by atoms with E-state index >= 15 is 0 Å². The second-order valence-corrected chi connectivity index (χ2v) is 5.88. The van der Waals surface area contributed by atoms with Gasteiger partial charge in [-0.2, -0.15) is 0 Å². The predicted molar refractivity (Wildman–Crippen MR) is 90.5 cm³/mol. The lowest BCUT2D eigenvalue weighted by Gasteiger charge is -2.34. The zero-order valence-electron chi connectivity index (χ0n) is 14.1. The molecule has 0 radical (unpaired) electrons. The molecule has 4 N–H and O–H groups in total. The number of amides is 4. The van der Waals surface area contributed by atoms with E-state index in [1.165, 1.54) is 24.1 Å². The van der Waals surface area contributed by atoms with Crippen molar-refractivity contribution < 1.29 is 18.8 Å². The number of carbonyl (C=O) groups excluding carboxylic acids is 3. The SMILES string of the molecule is CNC(=O)CC1C(=O)NCCN1C(=O)NCc1nc2ccc(F)cc2[nH]1. The van der Waals surface area contributed by atoms with Crippen molar-refractivity contribution in [1.29, 1.82) is 0 Å². The molecule has 10 heteroatoms. The van der Waals surface area contributed by atoms with E-state index in [0.29, 0.717) is 29.9 Å². The molecule has 1 saturated heterocycles. The standard InChI is InChI=1S/C16H19FN6O3/c1-18-14(24)7-12-15(25)19-4-5-23(12)16(26)20-8-13-21-10-3-2-9(17)6-11(10)22-13/h2-3,6,12H,4-5,7-8H2,1H3,(H,18,24)(H,19,25)(H,20,26)(H,21,22). The summed E-state index contributed by atoms with van der Waals surface area (Å²) < 4.78 is 13.2. The van der Waals surface area contributed by atoms with Crippen LogP contribution in [0.3, 0.4) is 0 Å². The molecule has 3 rings (SSSR count). The van der Waals surface area contributed by atoms with Gasteiger partial charge in [-0.05, 0) is 18.2 Å². The molecule has 1 atom stereocenters. The number of aromatic nitrogens is 2. The maximum absolute atomic E-state index is 13.2. The largest absolute Gasteiger partial charge is 0.359 e. The first-order valence-electron chi connectivity index (χ1n) is 8.15. The number of nitrogens with zero attached hydrogens (tertiary/aromatic N) is 2. The van der Waals surface area contributed by atoms with Crippen LogP contribution in [0, 0.1) is 5.82 Å². The molecule has 1 fully saturated rings. The molecule has 1 aromatic carbocycles. The van der Waals surface area contributed by atoms with Gasteiger partial charge in [-0.1, -0.05) is 0 Å². The van der Waals surface area contributed by atoms with Crippen LogP contribution in [0.15, 0.2) is 18.2 Å². The van der Waals surface area contributed by atoms with Crippen LogP contribution >= 0.6 is 0 Å². The summed E-state index contributed by atoms with van der Waals surface area (Å²) in [6, 6.07) is 2.83. The van der Waals surface area contributed by atoms with Gasteiger partial charge in [0.05, 0.1) is 24.0 Å². The molecule has 1 unspecified atom stereocenters. The van der Waals surface area contributed by atoms with Crippen molar-refractivity contribution in [1.82, 2.24) is 30.8 Å². The first kappa shape index (κ1) is 17.6. The molecule has 1 aliphatic heterocycles. The first-order chi connectivity index (χ1) is 12.5. The first-order valence-corrected chi connectivity index (χ1v) is 8.15. The Labute approximate surface area is 148 Å². The number of benzene rings is 1. The fraction of sp³-hybridized carbons (Fsp3) is 0.375. The van der Waals surface area contributed by atoms with E-state index in [1.54, 1.807) is 6.07 Å². The van der Waals surface area contributed by atoms with Gasteiger partial charge < -0.3 is 25.8 Å². The van der Waals surface area contributed by atoms with Gasteiger partial charge in [0.25, 0.3) is 0 Å². The van der Waals surface area contributed by atoms with Crippen LogP contribution < -0.4 is 16.0 Å². The normalized spacial score (nSPS) is 17.1. The molecule has 9 nitrogen and oxygen atoms in total. The Balaban J connectivity index is 1.66. The number of rotatable bonds is 4. The number of carbonyl (C=O) groups is 3. The third-order valence-corrected chi connectivity index (χ3v) is 4.15.